The fourth-order valence-corrected chi connectivity index (χ4v) is 5.02. The molecule has 2 aromatic carbocycles. The Balaban J connectivity index is 1.95. The molecule has 24 heavy (non-hydrogen) atoms. The molecule has 1 aliphatic heterocycles. The van der Waals surface area contributed by atoms with Crippen LogP contribution in [0.5, 0.6) is 17.2 Å². The van der Waals surface area contributed by atoms with E-state index in [4.69, 9.17) is 9.47 Å². The second-order valence-electron chi connectivity index (χ2n) is 5.77. The van der Waals surface area contributed by atoms with Gasteiger partial charge in [0.1, 0.15) is 5.75 Å². The molecule has 1 unspecified atom stereocenters. The highest BCUT2D eigenvalue weighted by Gasteiger charge is 2.23. The van der Waals surface area contributed by atoms with Crippen LogP contribution in [-0.2, 0) is 12.8 Å². The number of nitrogens with one attached hydrogen (secondary N) is 1. The molecule has 0 saturated heterocycles. The number of fused-ring (bicyclic) bond motifs is 1. The molecule has 1 heterocycles. The Kier molecular flexibility index (Phi) is 5.76. The Labute approximate surface area is 169 Å². The van der Waals surface area contributed by atoms with E-state index in [0.717, 1.165) is 38.0 Å². The predicted octanol–water partition coefficient (Wildman–Crippen LogP) is 4.05. The third kappa shape index (κ3) is 3.60. The second kappa shape index (κ2) is 7.65. The van der Waals surface area contributed by atoms with E-state index in [0.29, 0.717) is 5.75 Å². The number of methoxy groups -OCH3 is 2. The summed E-state index contributed by atoms with van der Waals surface area (Å²) in [4.78, 5) is 0. The lowest BCUT2D eigenvalue weighted by atomic mass is 9.90. The van der Waals surface area contributed by atoms with Gasteiger partial charge in [0.25, 0.3) is 0 Å². The summed E-state index contributed by atoms with van der Waals surface area (Å²) in [7, 11) is 3.34. The first-order chi connectivity index (χ1) is 11.5. The number of ether oxygens (including phenoxy) is 2. The summed E-state index contributed by atoms with van der Waals surface area (Å²) in [5.74, 6) is 1.91. The van der Waals surface area contributed by atoms with Crippen LogP contribution >= 0.6 is 45.2 Å². The van der Waals surface area contributed by atoms with Crippen LogP contribution in [0.1, 0.15) is 22.7 Å². The molecule has 0 aromatic heterocycles. The van der Waals surface area contributed by atoms with Crippen molar-refractivity contribution in [1.82, 2.24) is 5.32 Å². The van der Waals surface area contributed by atoms with Crippen molar-refractivity contribution in [2.75, 3.05) is 20.8 Å². The molecule has 0 bridgehead atoms. The molecule has 128 valence electrons. The van der Waals surface area contributed by atoms with Crippen LogP contribution in [0.3, 0.4) is 0 Å². The molecule has 1 aliphatic rings. The summed E-state index contributed by atoms with van der Waals surface area (Å²) in [5.41, 5.74) is 3.78. The van der Waals surface area contributed by atoms with E-state index in [1.54, 1.807) is 14.2 Å². The van der Waals surface area contributed by atoms with E-state index in [-0.39, 0.29) is 6.04 Å². The van der Waals surface area contributed by atoms with Gasteiger partial charge in [-0.25, -0.2) is 0 Å². The summed E-state index contributed by atoms with van der Waals surface area (Å²) in [6, 6.07) is 8.50. The average Bonchev–Trinajstić information content (AvgIpc) is 2.58. The van der Waals surface area contributed by atoms with E-state index < -0.39 is 0 Å². The lowest BCUT2D eigenvalue weighted by molar-refractivity contribution is 0.352. The van der Waals surface area contributed by atoms with Gasteiger partial charge < -0.3 is 19.9 Å². The largest absolute Gasteiger partial charge is 0.506 e. The van der Waals surface area contributed by atoms with E-state index in [9.17, 15) is 5.11 Å². The van der Waals surface area contributed by atoms with Crippen molar-refractivity contribution in [1.29, 1.82) is 0 Å². The maximum atomic E-state index is 9.96. The SMILES string of the molecule is COc1cc2c(cc1OC)C(Cc1cc(I)c(O)c(I)c1)NCC2. The molecule has 3 rings (SSSR count). The molecule has 6 heteroatoms. The third-order valence-electron chi connectivity index (χ3n) is 4.32. The number of rotatable bonds is 4. The maximum absolute atomic E-state index is 9.96. The van der Waals surface area contributed by atoms with Gasteiger partial charge in [0, 0.05) is 6.04 Å². The number of halogens is 2. The van der Waals surface area contributed by atoms with Gasteiger partial charge in [0.15, 0.2) is 11.5 Å². The van der Waals surface area contributed by atoms with Gasteiger partial charge in [0.2, 0.25) is 0 Å². The van der Waals surface area contributed by atoms with Crippen molar-refractivity contribution in [3.63, 3.8) is 0 Å². The summed E-state index contributed by atoms with van der Waals surface area (Å²) >= 11 is 4.36. The van der Waals surface area contributed by atoms with Crippen molar-refractivity contribution in [2.24, 2.45) is 0 Å². The molecule has 1 atom stereocenters. The Bertz CT molecular complexity index is 741. The molecule has 0 amide bonds. The lowest BCUT2D eigenvalue weighted by Gasteiger charge is -2.28. The first-order valence-electron chi connectivity index (χ1n) is 7.68. The van der Waals surface area contributed by atoms with E-state index in [2.05, 4.69) is 74.8 Å². The Morgan fingerprint density at radius 2 is 1.71 bits per heavy atom. The third-order valence-corrected chi connectivity index (χ3v) is 5.97. The minimum Gasteiger partial charge on any atom is -0.506 e. The van der Waals surface area contributed by atoms with Gasteiger partial charge in [-0.15, -0.1) is 0 Å². The highest BCUT2D eigenvalue weighted by molar-refractivity contribution is 14.1. The van der Waals surface area contributed by atoms with Crippen LogP contribution in [0.15, 0.2) is 24.3 Å². The van der Waals surface area contributed by atoms with Crippen LogP contribution < -0.4 is 14.8 Å². The fraction of sp³-hybridized carbons (Fsp3) is 0.333. The summed E-state index contributed by atoms with van der Waals surface area (Å²) in [5, 5.41) is 13.6. The predicted molar refractivity (Wildman–Crippen MR) is 111 cm³/mol. The summed E-state index contributed by atoms with van der Waals surface area (Å²) in [6.07, 6.45) is 1.85. The smallest absolute Gasteiger partial charge is 0.161 e. The molecular weight excluding hydrogens is 532 g/mol. The molecular formula is C18H19I2NO3. The van der Waals surface area contributed by atoms with Crippen LogP contribution in [0, 0.1) is 7.14 Å². The zero-order valence-corrected chi connectivity index (χ0v) is 17.8. The monoisotopic (exact) mass is 551 g/mol. The highest BCUT2D eigenvalue weighted by atomic mass is 127. The Morgan fingerprint density at radius 1 is 1.08 bits per heavy atom. The lowest BCUT2D eigenvalue weighted by Crippen LogP contribution is -2.31. The summed E-state index contributed by atoms with van der Waals surface area (Å²) in [6.45, 7) is 0.944. The molecule has 0 aliphatic carbocycles. The van der Waals surface area contributed by atoms with Crippen LogP contribution in [0.25, 0.3) is 0 Å². The van der Waals surface area contributed by atoms with Gasteiger partial charge in [0.05, 0.1) is 21.4 Å². The molecule has 0 fully saturated rings. The number of hydrogen-bond donors (Lipinski definition) is 2. The average molecular weight is 551 g/mol. The number of phenols is 1. The van der Waals surface area contributed by atoms with Gasteiger partial charge in [-0.1, -0.05) is 0 Å². The van der Waals surface area contributed by atoms with Crippen LogP contribution in [0.2, 0.25) is 0 Å². The molecule has 2 aromatic rings. The van der Waals surface area contributed by atoms with Gasteiger partial charge in [-0.05, 0) is 106 Å². The Morgan fingerprint density at radius 3 is 2.33 bits per heavy atom. The molecule has 0 saturated carbocycles. The van der Waals surface area contributed by atoms with Gasteiger partial charge in [-0.2, -0.15) is 0 Å². The van der Waals surface area contributed by atoms with Crippen molar-refractivity contribution in [2.45, 2.75) is 18.9 Å². The van der Waals surface area contributed by atoms with E-state index >= 15 is 0 Å². The molecule has 4 nitrogen and oxygen atoms in total. The first kappa shape index (κ1) is 18.1. The fourth-order valence-electron chi connectivity index (χ4n) is 3.12. The number of phenolic OH excluding ortho intramolecular Hbond substituents is 1. The number of hydrogen-bond acceptors (Lipinski definition) is 4. The van der Waals surface area contributed by atoms with E-state index in [1.165, 1.54) is 16.7 Å². The number of aromatic hydroxyl groups is 1. The minimum absolute atomic E-state index is 0.227. The second-order valence-corrected chi connectivity index (χ2v) is 8.10. The normalized spacial score (nSPS) is 16.6. The minimum atomic E-state index is 0.227. The topological polar surface area (TPSA) is 50.7 Å². The molecule has 0 spiro atoms. The quantitative estimate of drug-likeness (QED) is 0.564. The summed E-state index contributed by atoms with van der Waals surface area (Å²) < 4.78 is 12.7. The van der Waals surface area contributed by atoms with Gasteiger partial charge in [-0.3, -0.25) is 0 Å². The van der Waals surface area contributed by atoms with Crippen LogP contribution in [0.4, 0.5) is 0 Å². The zero-order chi connectivity index (χ0) is 17.3. The highest BCUT2D eigenvalue weighted by Crippen LogP contribution is 2.37. The van der Waals surface area contributed by atoms with Crippen molar-refractivity contribution in [3.8, 4) is 17.2 Å². The maximum Gasteiger partial charge on any atom is 0.161 e. The molecule has 0 radical (unpaired) electrons. The van der Waals surface area contributed by atoms with Gasteiger partial charge >= 0.3 is 0 Å². The first-order valence-corrected chi connectivity index (χ1v) is 9.84. The standard InChI is InChI=1S/C18H19I2NO3/c1-23-16-8-11-3-4-21-15(12(11)9-17(16)24-2)7-10-5-13(19)18(22)14(20)6-10/h5-6,8-9,15,21-22H,3-4,7H2,1-2H3. The molecule has 2 N–H and O–H groups in total. The van der Waals surface area contributed by atoms with Crippen molar-refractivity contribution in [3.05, 3.63) is 48.1 Å². The Hall–Kier alpha value is -0.740. The van der Waals surface area contributed by atoms with Crippen molar-refractivity contribution >= 4 is 45.2 Å². The van der Waals surface area contributed by atoms with E-state index in [1.807, 2.05) is 0 Å². The zero-order valence-electron chi connectivity index (χ0n) is 13.5. The van der Waals surface area contributed by atoms with Crippen LogP contribution in [-0.4, -0.2) is 25.9 Å². The van der Waals surface area contributed by atoms with Crippen molar-refractivity contribution < 1.29 is 14.6 Å². The number of benzene rings is 2.